The Balaban J connectivity index is 2.33. The van der Waals surface area contributed by atoms with Crippen LogP contribution in [0.5, 0.6) is 0 Å². The van der Waals surface area contributed by atoms with Crippen molar-refractivity contribution in [2.24, 2.45) is 0 Å². The van der Waals surface area contributed by atoms with Gasteiger partial charge in [0.25, 0.3) is 5.91 Å². The molecule has 122 valence electrons. The molecule has 0 bridgehead atoms. The van der Waals surface area contributed by atoms with Crippen molar-refractivity contribution in [3.05, 3.63) is 46.5 Å². The van der Waals surface area contributed by atoms with Crippen molar-refractivity contribution < 1.29 is 9.59 Å². The molecule has 23 heavy (non-hydrogen) atoms. The molecule has 0 saturated heterocycles. The molecule has 2 aromatic carbocycles. The van der Waals surface area contributed by atoms with Crippen LogP contribution in [0.1, 0.15) is 48.5 Å². The molecule has 0 atom stereocenters. The van der Waals surface area contributed by atoms with Gasteiger partial charge in [-0.2, -0.15) is 0 Å². The maximum atomic E-state index is 12.8. The lowest BCUT2D eigenvalue weighted by molar-refractivity contribution is -0.116. The summed E-state index contributed by atoms with van der Waals surface area (Å²) in [6.45, 7) is 4.53. The van der Waals surface area contributed by atoms with E-state index in [1.807, 2.05) is 25.1 Å². The molecule has 0 radical (unpaired) electrons. The number of fused-ring (bicyclic) bond motifs is 1. The van der Waals surface area contributed by atoms with Gasteiger partial charge >= 0.3 is 0 Å². The molecular formula is C19H22ClNO2. The molecule has 3 nitrogen and oxygen atoms in total. The topological polar surface area (TPSA) is 37.4 Å². The lowest BCUT2D eigenvalue weighted by Gasteiger charge is -2.17. The number of aryl methyl sites for hydroxylation is 1. The third kappa shape index (κ3) is 3.91. The van der Waals surface area contributed by atoms with Gasteiger partial charge in [0.2, 0.25) is 6.41 Å². The molecule has 0 fully saturated rings. The summed E-state index contributed by atoms with van der Waals surface area (Å²) in [4.78, 5) is 25.4. The number of hydrogen-bond donors (Lipinski definition) is 0. The highest BCUT2D eigenvalue weighted by molar-refractivity contribution is 6.36. The fourth-order valence-electron chi connectivity index (χ4n) is 2.79. The Morgan fingerprint density at radius 3 is 2.65 bits per heavy atom. The van der Waals surface area contributed by atoms with Crippen molar-refractivity contribution in [2.45, 2.75) is 39.5 Å². The zero-order chi connectivity index (χ0) is 16.8. The molecule has 2 aromatic rings. The minimum absolute atomic E-state index is 0.257. The fraction of sp³-hybridized carbons (Fsp3) is 0.368. The number of unbranched alkanes of at least 4 members (excludes halogenated alkanes) is 3. The number of carbonyl (C=O) groups is 2. The first-order chi connectivity index (χ1) is 11.1. The monoisotopic (exact) mass is 331 g/mol. The van der Waals surface area contributed by atoms with Gasteiger partial charge in [-0.15, -0.1) is 0 Å². The van der Waals surface area contributed by atoms with E-state index in [1.54, 1.807) is 12.1 Å². The van der Waals surface area contributed by atoms with Crippen molar-refractivity contribution in [3.63, 3.8) is 0 Å². The Kier molecular flexibility index (Phi) is 6.17. The molecule has 0 heterocycles. The van der Waals surface area contributed by atoms with Crippen LogP contribution in [0, 0.1) is 6.92 Å². The van der Waals surface area contributed by atoms with Crippen LogP contribution in [0.15, 0.2) is 30.3 Å². The summed E-state index contributed by atoms with van der Waals surface area (Å²) in [6, 6.07) is 9.19. The Morgan fingerprint density at radius 2 is 1.96 bits per heavy atom. The smallest absolute Gasteiger partial charge is 0.260 e. The first-order valence-electron chi connectivity index (χ1n) is 8.04. The van der Waals surface area contributed by atoms with Gasteiger partial charge in [-0.05, 0) is 36.4 Å². The Bertz CT molecular complexity index is 712. The van der Waals surface area contributed by atoms with E-state index in [1.165, 1.54) is 4.90 Å². The van der Waals surface area contributed by atoms with E-state index in [4.69, 9.17) is 11.6 Å². The third-order valence-corrected chi connectivity index (χ3v) is 4.40. The number of carbonyl (C=O) groups excluding carboxylic acids is 2. The lowest BCUT2D eigenvalue weighted by Crippen LogP contribution is -2.30. The summed E-state index contributed by atoms with van der Waals surface area (Å²) in [5, 5.41) is 2.28. The molecule has 0 aliphatic heterocycles. The third-order valence-electron chi connectivity index (χ3n) is 4.07. The number of halogens is 1. The minimum atomic E-state index is -0.257. The van der Waals surface area contributed by atoms with Gasteiger partial charge in [0.1, 0.15) is 0 Å². The Labute approximate surface area is 142 Å². The highest BCUT2D eigenvalue weighted by Crippen LogP contribution is 2.29. The van der Waals surface area contributed by atoms with Crippen LogP contribution < -0.4 is 0 Å². The predicted octanol–water partition coefficient (Wildman–Crippen LogP) is 4.98. The van der Waals surface area contributed by atoms with Gasteiger partial charge in [-0.1, -0.05) is 56.0 Å². The van der Waals surface area contributed by atoms with Crippen molar-refractivity contribution >= 4 is 34.7 Å². The molecular weight excluding hydrogens is 310 g/mol. The summed E-state index contributed by atoms with van der Waals surface area (Å²) in [5.74, 6) is -0.257. The number of nitrogens with zero attached hydrogens (tertiary/aromatic N) is 1. The summed E-state index contributed by atoms with van der Waals surface area (Å²) in [6.07, 6.45) is 4.73. The largest absolute Gasteiger partial charge is 0.281 e. The van der Waals surface area contributed by atoms with Crippen LogP contribution in [0.2, 0.25) is 5.02 Å². The SMILES string of the molecule is CCCCCCN(C=O)C(=O)c1cccc2c(Cl)ccc(C)c12. The van der Waals surface area contributed by atoms with Crippen molar-refractivity contribution in [3.8, 4) is 0 Å². The van der Waals surface area contributed by atoms with Crippen molar-refractivity contribution in [2.75, 3.05) is 6.54 Å². The van der Waals surface area contributed by atoms with Crippen LogP contribution in [0.4, 0.5) is 0 Å². The molecule has 0 aliphatic carbocycles. The predicted molar refractivity (Wildman–Crippen MR) is 94.9 cm³/mol. The fourth-order valence-corrected chi connectivity index (χ4v) is 3.01. The van der Waals surface area contributed by atoms with Gasteiger partial charge in [-0.3, -0.25) is 14.5 Å². The van der Waals surface area contributed by atoms with Crippen LogP contribution in [-0.2, 0) is 4.79 Å². The van der Waals surface area contributed by atoms with Gasteiger partial charge in [0.05, 0.1) is 0 Å². The van der Waals surface area contributed by atoms with Crippen molar-refractivity contribution in [1.82, 2.24) is 4.90 Å². The minimum Gasteiger partial charge on any atom is -0.281 e. The maximum absolute atomic E-state index is 12.8. The second kappa shape index (κ2) is 8.11. The van der Waals surface area contributed by atoms with Crippen LogP contribution in [0.3, 0.4) is 0 Å². The molecule has 4 heteroatoms. The van der Waals surface area contributed by atoms with E-state index < -0.39 is 0 Å². The molecule has 2 amide bonds. The molecule has 0 aromatic heterocycles. The van der Waals surface area contributed by atoms with Gasteiger partial charge in [-0.25, -0.2) is 0 Å². The Hall–Kier alpha value is -1.87. The van der Waals surface area contributed by atoms with E-state index in [-0.39, 0.29) is 5.91 Å². The number of amides is 2. The molecule has 0 unspecified atom stereocenters. The molecule has 0 saturated carbocycles. The van der Waals surface area contributed by atoms with E-state index in [0.29, 0.717) is 23.5 Å². The van der Waals surface area contributed by atoms with E-state index in [9.17, 15) is 9.59 Å². The molecule has 2 rings (SSSR count). The number of imide groups is 1. The zero-order valence-corrected chi connectivity index (χ0v) is 14.4. The van der Waals surface area contributed by atoms with E-state index in [0.717, 1.165) is 42.0 Å². The standard InChI is InChI=1S/C19H22ClNO2/c1-3-4-5-6-12-21(13-22)19(23)16-9-7-8-15-17(20)11-10-14(2)18(15)16/h7-11,13H,3-6,12H2,1-2H3. The average molecular weight is 332 g/mol. The summed E-state index contributed by atoms with van der Waals surface area (Å²) in [5.41, 5.74) is 1.51. The number of benzene rings is 2. The quantitative estimate of drug-likeness (QED) is 0.530. The van der Waals surface area contributed by atoms with Crippen molar-refractivity contribution in [1.29, 1.82) is 0 Å². The summed E-state index contributed by atoms with van der Waals surface area (Å²) < 4.78 is 0. The van der Waals surface area contributed by atoms with E-state index in [2.05, 4.69) is 6.92 Å². The summed E-state index contributed by atoms with van der Waals surface area (Å²) in [7, 11) is 0. The molecule has 0 spiro atoms. The maximum Gasteiger partial charge on any atom is 0.260 e. The Morgan fingerprint density at radius 1 is 1.17 bits per heavy atom. The first kappa shape index (κ1) is 17.5. The first-order valence-corrected chi connectivity index (χ1v) is 8.42. The van der Waals surface area contributed by atoms with Crippen LogP contribution in [0.25, 0.3) is 10.8 Å². The van der Waals surface area contributed by atoms with Gasteiger partial charge in [0.15, 0.2) is 0 Å². The number of rotatable bonds is 7. The van der Waals surface area contributed by atoms with E-state index >= 15 is 0 Å². The highest BCUT2D eigenvalue weighted by atomic mass is 35.5. The highest BCUT2D eigenvalue weighted by Gasteiger charge is 2.18. The van der Waals surface area contributed by atoms with Gasteiger partial charge < -0.3 is 0 Å². The second-order valence-corrected chi connectivity index (χ2v) is 6.16. The summed E-state index contributed by atoms with van der Waals surface area (Å²) >= 11 is 6.24. The number of hydrogen-bond acceptors (Lipinski definition) is 2. The lowest BCUT2D eigenvalue weighted by atomic mass is 9.99. The normalized spacial score (nSPS) is 10.7. The zero-order valence-electron chi connectivity index (χ0n) is 13.6. The van der Waals surface area contributed by atoms with Crippen LogP contribution in [-0.4, -0.2) is 23.8 Å². The molecule has 0 aliphatic rings. The average Bonchev–Trinajstić information content (AvgIpc) is 2.57. The molecule has 0 N–H and O–H groups in total. The van der Waals surface area contributed by atoms with Gasteiger partial charge in [0, 0.05) is 22.5 Å². The van der Waals surface area contributed by atoms with Crippen LogP contribution >= 0.6 is 11.6 Å². The second-order valence-electron chi connectivity index (χ2n) is 5.76.